The Morgan fingerprint density at radius 3 is 2.39 bits per heavy atom. The molecular formula is C14H16F3N5O. The number of rotatable bonds is 4. The highest BCUT2D eigenvalue weighted by Crippen LogP contribution is 2.26. The van der Waals surface area contributed by atoms with E-state index in [-0.39, 0.29) is 12.2 Å². The molecule has 0 bridgehead atoms. The van der Waals surface area contributed by atoms with Crippen LogP contribution in [0.3, 0.4) is 0 Å². The second-order valence-electron chi connectivity index (χ2n) is 5.39. The number of hydrogen-bond donors (Lipinski definition) is 1. The minimum atomic E-state index is -4.97. The van der Waals surface area contributed by atoms with Crippen LogP contribution in [0.4, 0.5) is 13.2 Å². The van der Waals surface area contributed by atoms with Crippen LogP contribution in [0.1, 0.15) is 31.7 Å². The summed E-state index contributed by atoms with van der Waals surface area (Å²) < 4.78 is 39.0. The highest BCUT2D eigenvalue weighted by Gasteiger charge is 2.44. The van der Waals surface area contributed by atoms with E-state index < -0.39 is 17.6 Å². The van der Waals surface area contributed by atoms with Gasteiger partial charge in [-0.3, -0.25) is 4.79 Å². The van der Waals surface area contributed by atoms with Gasteiger partial charge >= 0.3 is 12.1 Å². The summed E-state index contributed by atoms with van der Waals surface area (Å²) in [5.74, 6) is -1.90. The number of nitrogens with zero attached hydrogens (tertiary/aromatic N) is 4. The van der Waals surface area contributed by atoms with Gasteiger partial charge < -0.3 is 5.32 Å². The second-order valence-corrected chi connectivity index (χ2v) is 5.39. The van der Waals surface area contributed by atoms with Gasteiger partial charge in [-0.25, -0.2) is 0 Å². The normalized spacial score (nSPS) is 14.3. The van der Waals surface area contributed by atoms with Crippen LogP contribution < -0.4 is 5.32 Å². The molecule has 6 nitrogen and oxygen atoms in total. The summed E-state index contributed by atoms with van der Waals surface area (Å²) in [5.41, 5.74) is 0.254. The summed E-state index contributed by atoms with van der Waals surface area (Å²) in [6, 6.07) is 7.16. The molecule has 0 radical (unpaired) electrons. The zero-order valence-corrected chi connectivity index (χ0v) is 12.8. The van der Waals surface area contributed by atoms with E-state index in [1.165, 1.54) is 11.6 Å². The second kappa shape index (κ2) is 5.98. The Morgan fingerprint density at radius 1 is 1.26 bits per heavy atom. The van der Waals surface area contributed by atoms with Crippen LogP contribution in [0.5, 0.6) is 0 Å². The Balaban J connectivity index is 2.41. The fourth-order valence-corrected chi connectivity index (χ4v) is 2.01. The van der Waals surface area contributed by atoms with Crippen LogP contribution >= 0.6 is 0 Å². The molecule has 23 heavy (non-hydrogen) atoms. The van der Waals surface area contributed by atoms with Crippen LogP contribution in [0.2, 0.25) is 0 Å². The lowest BCUT2D eigenvalue weighted by Gasteiger charge is -2.28. The predicted molar refractivity (Wildman–Crippen MR) is 75.7 cm³/mol. The van der Waals surface area contributed by atoms with Gasteiger partial charge in [0.15, 0.2) is 5.82 Å². The number of halogens is 3. The van der Waals surface area contributed by atoms with Crippen molar-refractivity contribution in [1.29, 1.82) is 0 Å². The molecule has 1 atom stereocenters. The molecule has 1 N–H and O–H groups in total. The maximum absolute atomic E-state index is 12.6. The average molecular weight is 327 g/mol. The summed E-state index contributed by atoms with van der Waals surface area (Å²) in [7, 11) is 0. The van der Waals surface area contributed by atoms with Crippen molar-refractivity contribution >= 4 is 5.91 Å². The van der Waals surface area contributed by atoms with Gasteiger partial charge in [-0.15, -0.1) is 5.10 Å². The Hall–Kier alpha value is -2.45. The topological polar surface area (TPSA) is 72.7 Å². The summed E-state index contributed by atoms with van der Waals surface area (Å²) in [6.45, 7) is 5.00. The van der Waals surface area contributed by atoms with Crippen molar-refractivity contribution in [3.05, 3.63) is 35.7 Å². The molecule has 1 heterocycles. The SMILES string of the molecule is CCC(C)(NC(=O)C(F)(F)F)c1nnnn1-c1ccc(C)cc1. The molecule has 0 aliphatic rings. The Morgan fingerprint density at radius 2 is 1.87 bits per heavy atom. The molecule has 1 amide bonds. The third-order valence-electron chi connectivity index (χ3n) is 3.60. The summed E-state index contributed by atoms with van der Waals surface area (Å²) in [6.07, 6.45) is -4.79. The Labute approximate surface area is 130 Å². The lowest BCUT2D eigenvalue weighted by atomic mass is 9.97. The summed E-state index contributed by atoms with van der Waals surface area (Å²) in [5, 5.41) is 13.2. The van der Waals surface area contributed by atoms with Gasteiger partial charge in [-0.05, 0) is 42.8 Å². The van der Waals surface area contributed by atoms with E-state index in [1.54, 1.807) is 19.1 Å². The van der Waals surface area contributed by atoms with Gasteiger partial charge in [-0.2, -0.15) is 17.9 Å². The van der Waals surface area contributed by atoms with Crippen LogP contribution in [-0.4, -0.2) is 32.3 Å². The number of benzene rings is 1. The molecule has 0 fully saturated rings. The van der Waals surface area contributed by atoms with Gasteiger partial charge in [-0.1, -0.05) is 24.6 Å². The molecule has 1 aromatic heterocycles. The largest absolute Gasteiger partial charge is 0.471 e. The number of carbonyl (C=O) groups excluding carboxylic acids is 1. The number of amides is 1. The average Bonchev–Trinajstić information content (AvgIpc) is 2.97. The number of aryl methyl sites for hydroxylation is 1. The molecule has 0 saturated heterocycles. The zero-order chi connectivity index (χ0) is 17.3. The fourth-order valence-electron chi connectivity index (χ4n) is 2.01. The van der Waals surface area contributed by atoms with Crippen molar-refractivity contribution in [3.63, 3.8) is 0 Å². The lowest BCUT2D eigenvalue weighted by molar-refractivity contribution is -0.175. The Kier molecular flexibility index (Phi) is 4.39. The van der Waals surface area contributed by atoms with Gasteiger partial charge in [0.2, 0.25) is 0 Å². The van der Waals surface area contributed by atoms with Gasteiger partial charge in [0, 0.05) is 0 Å². The van der Waals surface area contributed by atoms with Crippen molar-refractivity contribution in [1.82, 2.24) is 25.5 Å². The van der Waals surface area contributed by atoms with E-state index >= 15 is 0 Å². The summed E-state index contributed by atoms with van der Waals surface area (Å²) in [4.78, 5) is 11.3. The number of hydrogen-bond acceptors (Lipinski definition) is 4. The molecule has 1 aromatic carbocycles. The van der Waals surface area contributed by atoms with Crippen molar-refractivity contribution in [3.8, 4) is 5.69 Å². The first-order chi connectivity index (χ1) is 10.7. The minimum absolute atomic E-state index is 0.126. The third kappa shape index (κ3) is 3.49. The molecule has 9 heteroatoms. The molecule has 0 saturated carbocycles. The van der Waals surface area contributed by atoms with Gasteiger partial charge in [0.05, 0.1) is 11.2 Å². The molecule has 2 rings (SSSR count). The smallest absolute Gasteiger partial charge is 0.336 e. The van der Waals surface area contributed by atoms with Crippen molar-refractivity contribution in [2.45, 2.75) is 38.9 Å². The fraction of sp³-hybridized carbons (Fsp3) is 0.429. The van der Waals surface area contributed by atoms with Crippen LogP contribution in [0.15, 0.2) is 24.3 Å². The van der Waals surface area contributed by atoms with Crippen molar-refractivity contribution in [2.24, 2.45) is 0 Å². The Bertz CT molecular complexity index is 695. The molecule has 1 unspecified atom stereocenters. The predicted octanol–water partition coefficient (Wildman–Crippen LogP) is 2.27. The highest BCUT2D eigenvalue weighted by atomic mass is 19.4. The van der Waals surface area contributed by atoms with E-state index in [0.717, 1.165) is 5.56 Å². The van der Waals surface area contributed by atoms with Crippen molar-refractivity contribution < 1.29 is 18.0 Å². The number of alkyl halides is 3. The van der Waals surface area contributed by atoms with Gasteiger partial charge in [0.1, 0.15) is 0 Å². The monoisotopic (exact) mass is 327 g/mol. The van der Waals surface area contributed by atoms with E-state index in [4.69, 9.17) is 0 Å². The summed E-state index contributed by atoms with van der Waals surface area (Å²) >= 11 is 0. The van der Waals surface area contributed by atoms with Crippen LogP contribution in [0.25, 0.3) is 5.69 Å². The highest BCUT2D eigenvalue weighted by molar-refractivity contribution is 5.82. The molecule has 0 aliphatic carbocycles. The van der Waals surface area contributed by atoms with Crippen molar-refractivity contribution in [2.75, 3.05) is 0 Å². The molecule has 0 spiro atoms. The molecular weight excluding hydrogens is 311 g/mol. The lowest BCUT2D eigenvalue weighted by Crippen LogP contribution is -2.50. The molecule has 0 aliphatic heterocycles. The minimum Gasteiger partial charge on any atom is -0.336 e. The van der Waals surface area contributed by atoms with E-state index in [1.807, 2.05) is 24.4 Å². The van der Waals surface area contributed by atoms with Crippen LogP contribution in [-0.2, 0) is 10.3 Å². The van der Waals surface area contributed by atoms with E-state index in [0.29, 0.717) is 5.69 Å². The quantitative estimate of drug-likeness (QED) is 0.935. The first-order valence-corrected chi connectivity index (χ1v) is 6.92. The molecule has 124 valence electrons. The number of tetrazole rings is 1. The number of aromatic nitrogens is 4. The van der Waals surface area contributed by atoms with Gasteiger partial charge in [0.25, 0.3) is 0 Å². The number of carbonyl (C=O) groups is 1. The maximum atomic E-state index is 12.6. The molecule has 2 aromatic rings. The third-order valence-corrected chi connectivity index (χ3v) is 3.60. The first kappa shape index (κ1) is 16.9. The van der Waals surface area contributed by atoms with Crippen LogP contribution in [0, 0.1) is 6.92 Å². The number of nitrogens with one attached hydrogen (secondary N) is 1. The maximum Gasteiger partial charge on any atom is 0.471 e. The standard InChI is InChI=1S/C14H16F3N5O/c1-4-13(3,18-12(23)14(15,16)17)11-19-20-21-22(11)10-7-5-9(2)6-8-10/h5-8H,4H2,1-3H3,(H,18,23). The first-order valence-electron chi connectivity index (χ1n) is 6.92. The van der Waals surface area contributed by atoms with E-state index in [9.17, 15) is 18.0 Å². The van der Waals surface area contributed by atoms with E-state index in [2.05, 4.69) is 15.5 Å². The zero-order valence-electron chi connectivity index (χ0n) is 12.8.